The molecule has 0 saturated heterocycles. The number of carbonyl (C=O) groups excluding carboxylic acids is 1. The monoisotopic (exact) mass is 500 g/mol. The predicted molar refractivity (Wildman–Crippen MR) is 138 cm³/mol. The smallest absolute Gasteiger partial charge is 0.340 e. The second-order valence-corrected chi connectivity index (χ2v) is 8.22. The van der Waals surface area contributed by atoms with Crippen molar-refractivity contribution in [2.75, 3.05) is 25.6 Å². The Hall–Kier alpha value is -4.39. The van der Waals surface area contributed by atoms with Crippen LogP contribution in [0.15, 0.2) is 67.0 Å². The van der Waals surface area contributed by atoms with Crippen LogP contribution in [-0.4, -0.2) is 42.0 Å². The average molecular weight is 501 g/mol. The molecule has 0 spiro atoms. The molecule has 190 valence electrons. The molecular weight excluding hydrogens is 472 g/mol. The first-order valence-corrected chi connectivity index (χ1v) is 11.8. The van der Waals surface area contributed by atoms with Crippen LogP contribution in [0.3, 0.4) is 0 Å². The molecule has 0 aliphatic rings. The molecule has 2 aromatic carbocycles. The molecule has 9 heteroatoms. The van der Waals surface area contributed by atoms with Gasteiger partial charge in [-0.2, -0.15) is 10.4 Å². The van der Waals surface area contributed by atoms with Crippen LogP contribution in [0.4, 0.5) is 11.4 Å². The van der Waals surface area contributed by atoms with E-state index in [1.54, 1.807) is 24.7 Å². The Labute approximate surface area is 215 Å². The molecule has 0 fully saturated rings. The van der Waals surface area contributed by atoms with Gasteiger partial charge in [0.05, 0.1) is 54.5 Å². The molecule has 2 aromatic heterocycles. The van der Waals surface area contributed by atoms with Crippen LogP contribution in [0.5, 0.6) is 11.5 Å². The third-order valence-corrected chi connectivity index (χ3v) is 5.54. The van der Waals surface area contributed by atoms with Gasteiger partial charge in [0.2, 0.25) is 0 Å². The summed E-state index contributed by atoms with van der Waals surface area (Å²) in [5.74, 6) is 0.918. The minimum atomic E-state index is -0.488. The molecule has 1 atom stereocenters. The SMILES string of the molecule is CCOC(=O)c1cn2ncc(C#N)c(Nc3ccc(Oc4ccccc4)cc3)c2c1COC(C)COC. The average Bonchev–Trinajstić information content (AvgIpc) is 3.29. The third-order valence-electron chi connectivity index (χ3n) is 5.54. The first-order chi connectivity index (χ1) is 18.0. The van der Waals surface area contributed by atoms with Crippen LogP contribution in [0.2, 0.25) is 0 Å². The summed E-state index contributed by atoms with van der Waals surface area (Å²) in [6.45, 7) is 4.34. The maximum Gasteiger partial charge on any atom is 0.340 e. The van der Waals surface area contributed by atoms with Crippen molar-refractivity contribution < 1.29 is 23.7 Å². The highest BCUT2D eigenvalue weighted by Crippen LogP contribution is 2.32. The fourth-order valence-electron chi connectivity index (χ4n) is 3.82. The summed E-state index contributed by atoms with van der Waals surface area (Å²) in [5.41, 5.74) is 2.99. The van der Waals surface area contributed by atoms with Gasteiger partial charge in [-0.3, -0.25) is 0 Å². The molecule has 0 radical (unpaired) electrons. The normalized spacial score (nSPS) is 11.6. The summed E-state index contributed by atoms with van der Waals surface area (Å²) in [6.07, 6.45) is 2.83. The van der Waals surface area contributed by atoms with E-state index in [2.05, 4.69) is 16.5 Å². The fourth-order valence-corrected chi connectivity index (χ4v) is 3.82. The zero-order chi connectivity index (χ0) is 26.2. The Kier molecular flexibility index (Phi) is 8.36. The van der Waals surface area contributed by atoms with Gasteiger partial charge in [-0.1, -0.05) is 18.2 Å². The number of nitriles is 1. The first kappa shape index (κ1) is 25.7. The largest absolute Gasteiger partial charge is 0.462 e. The fraction of sp³-hybridized carbons (Fsp3) is 0.250. The van der Waals surface area contributed by atoms with E-state index in [0.717, 1.165) is 11.4 Å². The van der Waals surface area contributed by atoms with Crippen molar-refractivity contribution in [3.8, 4) is 17.6 Å². The molecule has 0 aliphatic carbocycles. The quantitative estimate of drug-likeness (QED) is 0.270. The van der Waals surface area contributed by atoms with Gasteiger partial charge in [0, 0.05) is 24.6 Å². The molecule has 0 bridgehead atoms. The second kappa shape index (κ2) is 12.0. The topological polar surface area (TPSA) is 107 Å². The molecule has 37 heavy (non-hydrogen) atoms. The molecule has 9 nitrogen and oxygen atoms in total. The summed E-state index contributed by atoms with van der Waals surface area (Å²) in [6, 6.07) is 19.0. The molecule has 4 aromatic rings. The number of fused-ring (bicyclic) bond motifs is 1. The van der Waals surface area contributed by atoms with Crippen LogP contribution in [0.1, 0.15) is 35.3 Å². The van der Waals surface area contributed by atoms with E-state index >= 15 is 0 Å². The zero-order valence-corrected chi connectivity index (χ0v) is 20.9. The minimum Gasteiger partial charge on any atom is -0.462 e. The van der Waals surface area contributed by atoms with Gasteiger partial charge in [0.25, 0.3) is 0 Å². The number of hydrogen-bond acceptors (Lipinski definition) is 8. The molecule has 0 aliphatic heterocycles. The van der Waals surface area contributed by atoms with E-state index in [1.807, 2.05) is 61.5 Å². The van der Waals surface area contributed by atoms with Gasteiger partial charge < -0.3 is 24.3 Å². The lowest BCUT2D eigenvalue weighted by molar-refractivity contribution is -0.000212. The van der Waals surface area contributed by atoms with Crippen molar-refractivity contribution in [3.63, 3.8) is 0 Å². The summed E-state index contributed by atoms with van der Waals surface area (Å²) >= 11 is 0. The van der Waals surface area contributed by atoms with E-state index in [1.165, 1.54) is 6.20 Å². The summed E-state index contributed by atoms with van der Waals surface area (Å²) in [5, 5.41) is 17.5. The van der Waals surface area contributed by atoms with E-state index in [4.69, 9.17) is 18.9 Å². The number of carbonyl (C=O) groups is 1. The maximum absolute atomic E-state index is 12.8. The highest BCUT2D eigenvalue weighted by molar-refractivity contribution is 5.97. The standard InChI is InChI=1S/C28H28N4O5/c1-4-35-28(33)24-16-32-27(25(24)18-36-19(2)17-34-3)26(20(14-29)15-30-32)31-21-10-12-23(13-11-21)37-22-8-6-5-7-9-22/h5-13,15-16,19,31H,4,17-18H2,1-3H3. The zero-order valence-electron chi connectivity index (χ0n) is 20.9. The number of nitrogens with one attached hydrogen (secondary N) is 1. The van der Waals surface area contributed by atoms with E-state index < -0.39 is 5.97 Å². The Balaban J connectivity index is 1.71. The molecule has 0 saturated carbocycles. The third kappa shape index (κ3) is 6.06. The molecular formula is C28H28N4O5. The van der Waals surface area contributed by atoms with E-state index in [0.29, 0.717) is 40.3 Å². The maximum atomic E-state index is 12.8. The lowest BCUT2D eigenvalue weighted by Gasteiger charge is -2.15. The summed E-state index contributed by atoms with van der Waals surface area (Å²) in [4.78, 5) is 12.8. The lowest BCUT2D eigenvalue weighted by atomic mass is 10.1. The molecule has 4 rings (SSSR count). The Morgan fingerprint density at radius 1 is 1.14 bits per heavy atom. The number of hydrogen-bond donors (Lipinski definition) is 1. The molecule has 1 unspecified atom stereocenters. The van der Waals surface area contributed by atoms with Crippen LogP contribution >= 0.6 is 0 Å². The Bertz CT molecular complexity index is 1390. The van der Waals surface area contributed by atoms with Gasteiger partial charge >= 0.3 is 5.97 Å². The first-order valence-electron chi connectivity index (χ1n) is 11.8. The number of para-hydroxylation sites is 1. The number of rotatable bonds is 11. The minimum absolute atomic E-state index is 0.101. The van der Waals surface area contributed by atoms with Crippen molar-refractivity contribution in [1.82, 2.24) is 9.61 Å². The van der Waals surface area contributed by atoms with Crippen molar-refractivity contribution in [2.24, 2.45) is 0 Å². The van der Waals surface area contributed by atoms with Gasteiger partial charge in [0.1, 0.15) is 17.6 Å². The molecule has 0 amide bonds. The Morgan fingerprint density at radius 3 is 2.54 bits per heavy atom. The van der Waals surface area contributed by atoms with Crippen molar-refractivity contribution in [2.45, 2.75) is 26.6 Å². The molecule has 2 heterocycles. The van der Waals surface area contributed by atoms with Gasteiger partial charge in [-0.15, -0.1) is 0 Å². The van der Waals surface area contributed by atoms with Crippen LogP contribution in [-0.2, 0) is 20.8 Å². The van der Waals surface area contributed by atoms with Crippen LogP contribution in [0.25, 0.3) is 5.52 Å². The highest BCUT2D eigenvalue weighted by atomic mass is 16.5. The van der Waals surface area contributed by atoms with Crippen molar-refractivity contribution >= 4 is 22.9 Å². The van der Waals surface area contributed by atoms with Gasteiger partial charge in [-0.25, -0.2) is 9.31 Å². The summed E-state index contributed by atoms with van der Waals surface area (Å²) < 4.78 is 23.8. The van der Waals surface area contributed by atoms with E-state index in [-0.39, 0.29) is 19.3 Å². The van der Waals surface area contributed by atoms with Crippen molar-refractivity contribution in [3.05, 3.63) is 83.7 Å². The number of ether oxygens (including phenoxy) is 4. The number of aromatic nitrogens is 2. The number of benzene rings is 2. The lowest BCUT2D eigenvalue weighted by Crippen LogP contribution is -2.16. The van der Waals surface area contributed by atoms with Crippen LogP contribution < -0.4 is 10.1 Å². The van der Waals surface area contributed by atoms with Gasteiger partial charge in [0.15, 0.2) is 0 Å². The Morgan fingerprint density at radius 2 is 1.86 bits per heavy atom. The molecule has 1 N–H and O–H groups in total. The van der Waals surface area contributed by atoms with Crippen molar-refractivity contribution in [1.29, 1.82) is 5.26 Å². The highest BCUT2D eigenvalue weighted by Gasteiger charge is 2.24. The van der Waals surface area contributed by atoms with Gasteiger partial charge in [-0.05, 0) is 50.2 Å². The number of anilines is 2. The predicted octanol–water partition coefficient (Wildman–Crippen LogP) is 5.47. The second-order valence-electron chi connectivity index (χ2n) is 8.22. The van der Waals surface area contributed by atoms with Crippen LogP contribution in [0, 0.1) is 11.3 Å². The number of methoxy groups -OCH3 is 1. The van der Waals surface area contributed by atoms with E-state index in [9.17, 15) is 10.1 Å². The number of esters is 1. The number of nitrogens with zero attached hydrogens (tertiary/aromatic N) is 3. The summed E-state index contributed by atoms with van der Waals surface area (Å²) in [7, 11) is 1.60.